The topological polar surface area (TPSA) is 85.1 Å². The van der Waals surface area contributed by atoms with Gasteiger partial charge in [-0.3, -0.25) is 4.98 Å². The summed E-state index contributed by atoms with van der Waals surface area (Å²) in [6, 6.07) is 12.5. The van der Waals surface area contributed by atoms with Crippen molar-refractivity contribution >= 4 is 26.6 Å². The summed E-state index contributed by atoms with van der Waals surface area (Å²) in [5.74, 6) is -0.346. The second kappa shape index (κ2) is 6.18. The molecule has 24 heavy (non-hydrogen) atoms. The van der Waals surface area contributed by atoms with Crippen LogP contribution in [-0.2, 0) is 10.0 Å². The molecule has 0 fully saturated rings. The molecule has 0 aliphatic carbocycles. The number of pyridine rings is 1. The summed E-state index contributed by atoms with van der Waals surface area (Å²) in [5, 5.41) is 9.26. The summed E-state index contributed by atoms with van der Waals surface area (Å²) in [6.45, 7) is 1.90. The van der Waals surface area contributed by atoms with Gasteiger partial charge in [0.2, 0.25) is 10.0 Å². The van der Waals surface area contributed by atoms with Gasteiger partial charge in [0, 0.05) is 29.4 Å². The molecule has 1 atom stereocenters. The van der Waals surface area contributed by atoms with E-state index in [0.29, 0.717) is 5.52 Å². The molecular weight excluding hydrogens is 329 g/mol. The van der Waals surface area contributed by atoms with Crippen LogP contribution >= 0.6 is 0 Å². The predicted molar refractivity (Wildman–Crippen MR) is 91.6 cm³/mol. The first-order chi connectivity index (χ1) is 11.3. The number of rotatable bonds is 4. The summed E-state index contributed by atoms with van der Waals surface area (Å²) in [4.78, 5) is 4.22. The lowest BCUT2D eigenvalue weighted by molar-refractivity contribution is 0.597. The number of primary sulfonamides is 1. The Bertz CT molecular complexity index is 1010. The number of nitrogens with two attached hydrogens (primary N) is 1. The largest absolute Gasteiger partial charge is 0.378 e. The van der Waals surface area contributed by atoms with Gasteiger partial charge < -0.3 is 5.32 Å². The van der Waals surface area contributed by atoms with Crippen LogP contribution in [0.5, 0.6) is 0 Å². The molecule has 0 aliphatic rings. The molecule has 0 aliphatic heterocycles. The van der Waals surface area contributed by atoms with E-state index >= 15 is 0 Å². The third kappa shape index (κ3) is 3.37. The van der Waals surface area contributed by atoms with E-state index in [0.717, 1.165) is 16.6 Å². The number of hydrogen-bond acceptors (Lipinski definition) is 4. The Labute approximate surface area is 139 Å². The van der Waals surface area contributed by atoms with Gasteiger partial charge >= 0.3 is 0 Å². The van der Waals surface area contributed by atoms with Crippen molar-refractivity contribution in [2.75, 3.05) is 5.32 Å². The fourth-order valence-electron chi connectivity index (χ4n) is 2.52. The van der Waals surface area contributed by atoms with Crippen LogP contribution in [0.15, 0.2) is 59.6 Å². The molecule has 0 saturated heterocycles. The lowest BCUT2D eigenvalue weighted by Gasteiger charge is -2.17. The maximum Gasteiger partial charge on any atom is 0.238 e. The van der Waals surface area contributed by atoms with Crippen molar-refractivity contribution in [2.24, 2.45) is 5.14 Å². The Morgan fingerprint density at radius 3 is 2.71 bits per heavy atom. The third-order valence-electron chi connectivity index (χ3n) is 3.76. The molecule has 0 radical (unpaired) electrons. The molecule has 0 saturated carbocycles. The van der Waals surface area contributed by atoms with Crippen LogP contribution in [-0.4, -0.2) is 13.4 Å². The number of hydrogen-bond donors (Lipinski definition) is 2. The van der Waals surface area contributed by atoms with E-state index in [-0.39, 0.29) is 16.8 Å². The highest BCUT2D eigenvalue weighted by Crippen LogP contribution is 2.27. The highest BCUT2D eigenvalue weighted by molar-refractivity contribution is 7.89. The van der Waals surface area contributed by atoms with Gasteiger partial charge in [-0.05, 0) is 42.8 Å². The Kier molecular flexibility index (Phi) is 4.21. The molecule has 0 unspecified atom stereocenters. The van der Waals surface area contributed by atoms with Crippen LogP contribution in [0.25, 0.3) is 10.9 Å². The van der Waals surface area contributed by atoms with Crippen molar-refractivity contribution in [1.82, 2.24) is 4.98 Å². The van der Waals surface area contributed by atoms with Crippen LogP contribution in [0.2, 0.25) is 0 Å². The number of nitrogens with one attached hydrogen (secondary N) is 1. The molecule has 124 valence electrons. The number of aromatic nitrogens is 1. The molecule has 3 rings (SSSR count). The fraction of sp³-hybridized carbons (Fsp3) is 0.118. The number of anilines is 1. The molecule has 1 heterocycles. The average Bonchev–Trinajstić information content (AvgIpc) is 2.54. The second-order valence-corrected chi connectivity index (χ2v) is 7.06. The first-order valence-electron chi connectivity index (χ1n) is 7.28. The molecule has 7 heteroatoms. The SMILES string of the molecule is C[C@@H](Nc1ccnc2cc(F)ccc12)c1cccc(S(N)(=O)=O)c1. The van der Waals surface area contributed by atoms with Crippen LogP contribution in [0.1, 0.15) is 18.5 Å². The highest BCUT2D eigenvalue weighted by atomic mass is 32.2. The van der Waals surface area contributed by atoms with E-state index in [2.05, 4.69) is 10.3 Å². The standard InChI is InChI=1S/C17H16FN3O2S/c1-11(12-3-2-4-14(9-12)24(19,22)23)21-16-7-8-20-17-10-13(18)5-6-15(16)17/h2-11H,1H3,(H,20,21)(H2,19,22,23)/t11-/m1/s1. The predicted octanol–water partition coefficient (Wildman–Crippen LogP) is 3.19. The molecule has 3 aromatic rings. The summed E-state index contributed by atoms with van der Waals surface area (Å²) in [5.41, 5.74) is 2.10. The molecule has 1 aromatic heterocycles. The Morgan fingerprint density at radius 1 is 1.17 bits per heavy atom. The summed E-state index contributed by atoms with van der Waals surface area (Å²) >= 11 is 0. The zero-order valence-electron chi connectivity index (χ0n) is 12.9. The summed E-state index contributed by atoms with van der Waals surface area (Å²) in [6.07, 6.45) is 1.59. The second-order valence-electron chi connectivity index (χ2n) is 5.50. The summed E-state index contributed by atoms with van der Waals surface area (Å²) < 4.78 is 36.3. The lowest BCUT2D eigenvalue weighted by Crippen LogP contribution is -2.13. The zero-order valence-corrected chi connectivity index (χ0v) is 13.7. The fourth-order valence-corrected chi connectivity index (χ4v) is 3.09. The summed E-state index contributed by atoms with van der Waals surface area (Å²) in [7, 11) is -3.75. The number of benzene rings is 2. The van der Waals surface area contributed by atoms with Gasteiger partial charge in [-0.2, -0.15) is 0 Å². The van der Waals surface area contributed by atoms with E-state index in [1.807, 2.05) is 13.0 Å². The first kappa shape index (κ1) is 16.4. The van der Waals surface area contributed by atoms with Crippen LogP contribution in [0, 0.1) is 5.82 Å². The Hall–Kier alpha value is -2.51. The maximum absolute atomic E-state index is 13.3. The Morgan fingerprint density at radius 2 is 1.96 bits per heavy atom. The van der Waals surface area contributed by atoms with E-state index in [1.165, 1.54) is 24.3 Å². The van der Waals surface area contributed by atoms with Crippen molar-refractivity contribution in [2.45, 2.75) is 17.9 Å². The molecule has 0 amide bonds. The molecule has 0 bridgehead atoms. The third-order valence-corrected chi connectivity index (χ3v) is 4.67. The average molecular weight is 345 g/mol. The zero-order chi connectivity index (χ0) is 17.3. The molecular formula is C17H16FN3O2S. The van der Waals surface area contributed by atoms with Crippen molar-refractivity contribution < 1.29 is 12.8 Å². The lowest BCUT2D eigenvalue weighted by atomic mass is 10.1. The normalized spacial score (nSPS) is 13.0. The van der Waals surface area contributed by atoms with Crippen molar-refractivity contribution in [3.05, 3.63) is 66.1 Å². The number of nitrogens with zero attached hydrogens (tertiary/aromatic N) is 1. The minimum atomic E-state index is -3.75. The van der Waals surface area contributed by atoms with Gasteiger partial charge in [0.05, 0.1) is 10.4 Å². The van der Waals surface area contributed by atoms with Crippen LogP contribution in [0.3, 0.4) is 0 Å². The van der Waals surface area contributed by atoms with E-state index < -0.39 is 10.0 Å². The van der Waals surface area contributed by atoms with E-state index in [9.17, 15) is 12.8 Å². The van der Waals surface area contributed by atoms with Gasteiger partial charge in [0.15, 0.2) is 0 Å². The van der Waals surface area contributed by atoms with Crippen molar-refractivity contribution in [3.63, 3.8) is 0 Å². The van der Waals surface area contributed by atoms with Crippen LogP contribution in [0.4, 0.5) is 10.1 Å². The van der Waals surface area contributed by atoms with Gasteiger partial charge in [-0.15, -0.1) is 0 Å². The number of halogens is 1. The monoisotopic (exact) mass is 345 g/mol. The number of sulfonamides is 1. The smallest absolute Gasteiger partial charge is 0.238 e. The van der Waals surface area contributed by atoms with Crippen LogP contribution < -0.4 is 10.5 Å². The van der Waals surface area contributed by atoms with Crippen molar-refractivity contribution in [1.29, 1.82) is 0 Å². The molecule has 3 N–H and O–H groups in total. The van der Waals surface area contributed by atoms with Gasteiger partial charge in [-0.25, -0.2) is 17.9 Å². The van der Waals surface area contributed by atoms with Gasteiger partial charge in [-0.1, -0.05) is 12.1 Å². The first-order valence-corrected chi connectivity index (χ1v) is 8.83. The Balaban J connectivity index is 1.94. The minimum absolute atomic E-state index is 0.0651. The molecule has 5 nitrogen and oxygen atoms in total. The maximum atomic E-state index is 13.3. The quantitative estimate of drug-likeness (QED) is 0.760. The van der Waals surface area contributed by atoms with Crippen molar-refractivity contribution in [3.8, 4) is 0 Å². The molecule has 2 aromatic carbocycles. The molecule has 0 spiro atoms. The van der Waals surface area contributed by atoms with E-state index in [1.54, 1.807) is 24.4 Å². The van der Waals surface area contributed by atoms with Gasteiger partial charge in [0.1, 0.15) is 5.82 Å². The van der Waals surface area contributed by atoms with Gasteiger partial charge in [0.25, 0.3) is 0 Å². The minimum Gasteiger partial charge on any atom is -0.378 e. The highest BCUT2D eigenvalue weighted by Gasteiger charge is 2.13. The van der Waals surface area contributed by atoms with E-state index in [4.69, 9.17) is 5.14 Å². The number of fused-ring (bicyclic) bond motifs is 1.